The third kappa shape index (κ3) is 24.7. The second kappa shape index (κ2) is 35.8. The van der Waals surface area contributed by atoms with E-state index in [0.29, 0.717) is 12.2 Å². The van der Waals surface area contributed by atoms with Gasteiger partial charge in [-0.05, 0) is 99.9 Å². The number of nitrogens with zero attached hydrogens (tertiary/aromatic N) is 4. The van der Waals surface area contributed by atoms with Crippen LogP contribution in [0.4, 0.5) is 11.4 Å². The highest BCUT2D eigenvalue weighted by Crippen LogP contribution is 2.22. The summed E-state index contributed by atoms with van der Waals surface area (Å²) in [4.78, 5) is 120. The number of nitrogens with one attached hydrogen (secondary N) is 6. The van der Waals surface area contributed by atoms with Crippen LogP contribution in [0.3, 0.4) is 0 Å². The highest BCUT2D eigenvalue weighted by atomic mass is 16.7. The molecule has 0 radical (unpaired) electrons. The number of likely N-dealkylation sites (N-methyl/N-ethyl adjacent to an activating group) is 3. The van der Waals surface area contributed by atoms with E-state index in [2.05, 4.69) is 41.7 Å². The topological polar surface area (TPSA) is 331 Å². The summed E-state index contributed by atoms with van der Waals surface area (Å²) in [5.74, 6) is -7.75. The van der Waals surface area contributed by atoms with Gasteiger partial charge < -0.3 is 66.7 Å². The van der Waals surface area contributed by atoms with E-state index >= 15 is 0 Å². The minimum atomic E-state index is -1.48. The highest BCUT2D eigenvalue weighted by Gasteiger charge is 2.33. The largest absolute Gasteiger partial charge is 0.425 e. The van der Waals surface area contributed by atoms with E-state index in [1.165, 1.54) is 43.3 Å². The quantitative estimate of drug-likeness (QED) is 0.0295. The zero-order valence-electron chi connectivity index (χ0n) is 49.2. The number of benzene rings is 2. The van der Waals surface area contributed by atoms with Crippen molar-refractivity contribution in [1.82, 2.24) is 41.0 Å². The Hall–Kier alpha value is -6.93. The molecule has 3 aromatic rings. The van der Waals surface area contributed by atoms with Crippen molar-refractivity contribution < 1.29 is 68.3 Å². The Morgan fingerprint density at radius 3 is 1.30 bits per heavy atom. The van der Waals surface area contributed by atoms with Gasteiger partial charge in [-0.15, -0.1) is 0 Å². The van der Waals surface area contributed by atoms with Gasteiger partial charge in [-0.1, -0.05) is 54.5 Å². The van der Waals surface area contributed by atoms with Gasteiger partial charge in [-0.3, -0.25) is 53.1 Å². The van der Waals surface area contributed by atoms with Gasteiger partial charge in [0.1, 0.15) is 6.04 Å². The lowest BCUT2D eigenvalue weighted by Gasteiger charge is -2.30. The molecule has 24 nitrogen and oxygen atoms in total. The summed E-state index contributed by atoms with van der Waals surface area (Å²) in [6.45, 7) is 13.9. The molecule has 0 saturated heterocycles. The number of amides is 6. The van der Waals surface area contributed by atoms with Gasteiger partial charge in [0.2, 0.25) is 18.1 Å². The Morgan fingerprint density at radius 1 is 0.537 bits per heavy atom. The van der Waals surface area contributed by atoms with Crippen molar-refractivity contribution >= 4 is 58.8 Å². The molecule has 454 valence electrons. The molecule has 24 heteroatoms. The zero-order chi connectivity index (χ0) is 61.1. The Morgan fingerprint density at radius 2 is 0.927 bits per heavy atom. The molecule has 6 amide bonds. The predicted molar refractivity (Wildman–Crippen MR) is 308 cm³/mol. The van der Waals surface area contributed by atoms with Gasteiger partial charge in [-0.2, -0.15) is 0 Å². The SMILES string of the molecule is CCC(OC(=O)C(C)CC(=O)Nc1cc(C(=O)NCC(C)CO)cc(C(=O)NCC(C)CO)c1)OC(=O)C(CC(=O)Nc1cc(C(=O)NCC(C)CO)cc(C(=O)NCC(C)CO)c1)N(CC)Cc1cccc(CN(C)CCN(C)C)n1. The Labute approximate surface area is 481 Å². The normalized spacial score (nSPS) is 13.9. The van der Waals surface area contributed by atoms with Gasteiger partial charge in [0, 0.05) is 125 Å². The minimum Gasteiger partial charge on any atom is -0.425 e. The van der Waals surface area contributed by atoms with Crippen molar-refractivity contribution in [2.24, 2.45) is 29.6 Å². The third-order valence-corrected chi connectivity index (χ3v) is 13.0. The number of rotatable bonds is 36. The number of hydrogen-bond acceptors (Lipinski definition) is 18. The number of esters is 2. The molecule has 10 N–H and O–H groups in total. The monoisotopic (exact) mass is 1150 g/mol. The van der Waals surface area contributed by atoms with Gasteiger partial charge >= 0.3 is 11.9 Å². The van der Waals surface area contributed by atoms with Crippen molar-refractivity contribution in [2.45, 2.75) is 93.2 Å². The summed E-state index contributed by atoms with van der Waals surface area (Å²) in [5, 5.41) is 54.2. The Bertz CT molecular complexity index is 2500. The van der Waals surface area contributed by atoms with Crippen LogP contribution in [-0.2, 0) is 41.7 Å². The first-order valence-electron chi connectivity index (χ1n) is 27.8. The van der Waals surface area contributed by atoms with Gasteiger partial charge in [0.25, 0.3) is 23.6 Å². The Kier molecular flexibility index (Phi) is 30.3. The smallest absolute Gasteiger partial charge is 0.326 e. The first-order valence-corrected chi connectivity index (χ1v) is 27.8. The number of anilines is 2. The van der Waals surface area contributed by atoms with E-state index in [9.17, 15) is 58.8 Å². The summed E-state index contributed by atoms with van der Waals surface area (Å²) >= 11 is 0. The van der Waals surface area contributed by atoms with E-state index < -0.39 is 78.5 Å². The minimum absolute atomic E-state index is 0.0189. The summed E-state index contributed by atoms with van der Waals surface area (Å²) in [5.41, 5.74) is 1.56. The van der Waals surface area contributed by atoms with E-state index in [1.807, 2.05) is 33.3 Å². The predicted octanol–water partition coefficient (Wildman–Crippen LogP) is 2.21. The lowest BCUT2D eigenvalue weighted by molar-refractivity contribution is -0.195. The first-order chi connectivity index (χ1) is 38.9. The number of aliphatic hydroxyl groups is 4. The fourth-order valence-electron chi connectivity index (χ4n) is 7.71. The fourth-order valence-corrected chi connectivity index (χ4v) is 7.71. The molecule has 3 rings (SSSR count). The van der Waals surface area contributed by atoms with E-state index in [1.54, 1.807) is 52.5 Å². The van der Waals surface area contributed by atoms with Gasteiger partial charge in [0.15, 0.2) is 0 Å². The second-order valence-electron chi connectivity index (χ2n) is 21.4. The van der Waals surface area contributed by atoms with Crippen LogP contribution in [0.15, 0.2) is 54.6 Å². The lowest BCUT2D eigenvalue weighted by atomic mass is 10.1. The van der Waals surface area contributed by atoms with Crippen LogP contribution in [0.1, 0.15) is 121 Å². The average Bonchev–Trinajstić information content (AvgIpc) is 3.58. The summed E-state index contributed by atoms with van der Waals surface area (Å²) < 4.78 is 11.5. The maximum absolute atomic E-state index is 14.5. The van der Waals surface area contributed by atoms with Crippen LogP contribution in [0.2, 0.25) is 0 Å². The average molecular weight is 1150 g/mol. The third-order valence-electron chi connectivity index (χ3n) is 13.0. The van der Waals surface area contributed by atoms with Crippen LogP contribution >= 0.6 is 0 Å². The molecule has 0 spiro atoms. The molecular formula is C58H88N10O14. The molecule has 0 saturated carbocycles. The fraction of sp³-hybridized carbons (Fsp3) is 0.569. The van der Waals surface area contributed by atoms with Crippen molar-refractivity contribution in [1.29, 1.82) is 0 Å². The molecule has 1 aromatic heterocycles. The molecule has 0 aliphatic rings. The molecule has 0 bridgehead atoms. The Balaban J connectivity index is 1.92. The molecule has 7 atom stereocenters. The standard InChI is InChI=1S/C58H88N10O14/c1-11-52(81-57(79)40(7)18-50(73)64-47-21-41(53(75)59-26-36(3)32-69)19-42(22-47)54(76)60-27-37(4)33-70)82-58(80)49(68(12-2)31-46-15-13-14-45(63-46)30-67(10)17-16-66(8)9)25-51(74)65-48-23-43(55(77)61-28-38(5)34-71)20-44(24-48)56(78)62-29-39(6)35-72/h13-15,19-24,36-40,49,52,69-72H,11-12,16-18,25-35H2,1-10H3,(H,59,75)(H,60,76)(H,61,77)(H,62,78)(H,64,73)(H,65,74). The highest BCUT2D eigenvalue weighted by molar-refractivity contribution is 6.04. The molecule has 1 heterocycles. The van der Waals surface area contributed by atoms with Crippen molar-refractivity contribution in [3.05, 3.63) is 88.2 Å². The first kappa shape index (κ1) is 69.3. The van der Waals surface area contributed by atoms with Crippen LogP contribution in [0.25, 0.3) is 0 Å². The van der Waals surface area contributed by atoms with E-state index in [0.717, 1.165) is 18.8 Å². The molecule has 2 aromatic carbocycles. The van der Waals surface area contributed by atoms with Crippen LogP contribution < -0.4 is 31.9 Å². The number of ether oxygens (including phenoxy) is 2. The molecule has 0 aliphatic carbocycles. The summed E-state index contributed by atoms with van der Waals surface area (Å²) in [7, 11) is 5.96. The number of pyridine rings is 1. The number of carbonyl (C=O) groups is 8. The van der Waals surface area contributed by atoms with Gasteiger partial charge in [-0.25, -0.2) is 0 Å². The number of hydrogen-bond donors (Lipinski definition) is 10. The second-order valence-corrected chi connectivity index (χ2v) is 21.4. The van der Waals surface area contributed by atoms with Crippen molar-refractivity contribution in [3.63, 3.8) is 0 Å². The van der Waals surface area contributed by atoms with Crippen molar-refractivity contribution in [3.8, 4) is 0 Å². The number of carbonyl (C=O) groups excluding carboxylic acids is 8. The molecule has 7 unspecified atom stereocenters. The number of aromatic nitrogens is 1. The summed E-state index contributed by atoms with van der Waals surface area (Å²) in [6.07, 6.45) is -2.49. The zero-order valence-corrected chi connectivity index (χ0v) is 49.2. The van der Waals surface area contributed by atoms with Crippen molar-refractivity contribution in [2.75, 3.05) is 104 Å². The molecule has 0 fully saturated rings. The van der Waals surface area contributed by atoms with Crippen LogP contribution in [0.5, 0.6) is 0 Å². The molecular weight excluding hydrogens is 1060 g/mol. The van der Waals surface area contributed by atoms with Crippen LogP contribution in [0, 0.1) is 29.6 Å². The number of aliphatic hydroxyl groups excluding tert-OH is 4. The van der Waals surface area contributed by atoms with Gasteiger partial charge in [0.05, 0.1) is 23.7 Å². The maximum Gasteiger partial charge on any atom is 0.326 e. The van der Waals surface area contributed by atoms with E-state index in [-0.39, 0.29) is 129 Å². The molecule has 0 aliphatic heterocycles. The van der Waals surface area contributed by atoms with Crippen LogP contribution in [-0.4, -0.2) is 193 Å². The van der Waals surface area contributed by atoms with E-state index in [4.69, 9.17) is 14.5 Å². The molecule has 82 heavy (non-hydrogen) atoms. The maximum atomic E-state index is 14.5. The summed E-state index contributed by atoms with van der Waals surface area (Å²) in [6, 6.07) is 12.3. The lowest BCUT2D eigenvalue weighted by Crippen LogP contribution is -2.45.